The van der Waals surface area contributed by atoms with E-state index < -0.39 is 11.6 Å². The summed E-state index contributed by atoms with van der Waals surface area (Å²) in [4.78, 5) is 14.6. The number of aliphatic hydroxyl groups is 1. The molecule has 0 saturated carbocycles. The molecule has 0 spiro atoms. The third-order valence-corrected chi connectivity index (χ3v) is 5.38. The maximum atomic E-state index is 13.1. The molecule has 0 fully saturated rings. The van der Waals surface area contributed by atoms with Crippen molar-refractivity contribution in [2.75, 3.05) is 19.6 Å². The van der Waals surface area contributed by atoms with Gasteiger partial charge in [-0.05, 0) is 31.9 Å². The molecular weight excluding hydrogens is 338 g/mol. The predicted octanol–water partition coefficient (Wildman–Crippen LogP) is 2.42. The van der Waals surface area contributed by atoms with Gasteiger partial charge in [0.15, 0.2) is 0 Å². The van der Waals surface area contributed by atoms with Gasteiger partial charge in [0, 0.05) is 5.92 Å². The molecule has 2 aromatic carbocycles. The number of esters is 1. The second-order valence-corrected chi connectivity index (χ2v) is 7.19. The Morgan fingerprint density at radius 2 is 1.41 bits per heavy atom. The average Bonchev–Trinajstić information content (AvgIpc) is 2.72. The van der Waals surface area contributed by atoms with Gasteiger partial charge in [0.05, 0.1) is 19.6 Å². The Morgan fingerprint density at radius 3 is 1.81 bits per heavy atom. The van der Waals surface area contributed by atoms with Gasteiger partial charge in [-0.25, -0.2) is 4.79 Å². The quantitative estimate of drug-likeness (QED) is 0.667. The maximum Gasteiger partial charge on any atom is 0.347 e. The number of rotatable bonds is 9. The van der Waals surface area contributed by atoms with Crippen LogP contribution >= 0.6 is 0 Å². The highest BCUT2D eigenvalue weighted by molar-refractivity contribution is 5.85. The van der Waals surface area contributed by atoms with Crippen LogP contribution < -0.4 is 4.90 Å². The van der Waals surface area contributed by atoms with Crippen LogP contribution in [0.5, 0.6) is 0 Å². The van der Waals surface area contributed by atoms with Gasteiger partial charge in [-0.1, -0.05) is 67.6 Å². The molecule has 0 heterocycles. The SMILES string of the molecule is CC[NH+](CC)C[C@H](C)[C@@H](C)OC(=O)C(O)(c1ccccc1)c1ccccc1. The van der Waals surface area contributed by atoms with E-state index in [2.05, 4.69) is 20.8 Å². The molecule has 0 radical (unpaired) electrons. The van der Waals surface area contributed by atoms with E-state index in [0.717, 1.165) is 19.6 Å². The zero-order valence-corrected chi connectivity index (χ0v) is 16.8. The highest BCUT2D eigenvalue weighted by Gasteiger charge is 2.42. The lowest BCUT2D eigenvalue weighted by Crippen LogP contribution is -3.12. The fraction of sp³-hybridized carbons (Fsp3) is 0.435. The molecule has 2 aromatic rings. The van der Waals surface area contributed by atoms with Crippen LogP contribution in [0.15, 0.2) is 60.7 Å². The highest BCUT2D eigenvalue weighted by atomic mass is 16.6. The predicted molar refractivity (Wildman–Crippen MR) is 108 cm³/mol. The Labute approximate surface area is 162 Å². The topological polar surface area (TPSA) is 51.0 Å². The minimum Gasteiger partial charge on any atom is -0.459 e. The van der Waals surface area contributed by atoms with Crippen molar-refractivity contribution < 1.29 is 19.5 Å². The Morgan fingerprint density at radius 1 is 0.963 bits per heavy atom. The molecule has 27 heavy (non-hydrogen) atoms. The minimum atomic E-state index is -1.82. The summed E-state index contributed by atoms with van der Waals surface area (Å²) >= 11 is 0. The van der Waals surface area contributed by atoms with Crippen LogP contribution in [0.3, 0.4) is 0 Å². The van der Waals surface area contributed by atoms with E-state index in [1.807, 2.05) is 43.3 Å². The molecule has 0 aliphatic rings. The van der Waals surface area contributed by atoms with Crippen molar-refractivity contribution in [2.45, 2.75) is 39.4 Å². The van der Waals surface area contributed by atoms with Gasteiger partial charge in [0.1, 0.15) is 6.10 Å². The lowest BCUT2D eigenvalue weighted by atomic mass is 9.86. The van der Waals surface area contributed by atoms with Crippen molar-refractivity contribution >= 4 is 5.97 Å². The average molecular weight is 371 g/mol. The summed E-state index contributed by atoms with van der Waals surface area (Å²) in [5.74, 6) is -0.437. The Hall–Kier alpha value is -2.17. The van der Waals surface area contributed by atoms with Crippen molar-refractivity contribution in [3.63, 3.8) is 0 Å². The van der Waals surface area contributed by atoms with E-state index in [0.29, 0.717) is 11.1 Å². The summed E-state index contributed by atoms with van der Waals surface area (Å²) in [5.41, 5.74) is -0.802. The fourth-order valence-electron chi connectivity index (χ4n) is 3.29. The van der Waals surface area contributed by atoms with Crippen LogP contribution in [0.2, 0.25) is 0 Å². The first kappa shape index (κ1) is 21.1. The van der Waals surface area contributed by atoms with Crippen molar-refractivity contribution in [2.24, 2.45) is 5.92 Å². The molecule has 0 unspecified atom stereocenters. The number of hydrogen-bond acceptors (Lipinski definition) is 3. The van der Waals surface area contributed by atoms with Crippen molar-refractivity contribution in [1.82, 2.24) is 0 Å². The lowest BCUT2D eigenvalue weighted by Gasteiger charge is -2.31. The Balaban J connectivity index is 2.25. The number of quaternary nitrogens is 1. The molecule has 4 heteroatoms. The first-order chi connectivity index (χ1) is 12.9. The number of benzene rings is 2. The monoisotopic (exact) mass is 370 g/mol. The summed E-state index contributed by atoms with van der Waals surface area (Å²) in [6.07, 6.45) is -0.287. The number of carbonyl (C=O) groups excluding carboxylic acids is 1. The van der Waals surface area contributed by atoms with Gasteiger partial charge in [-0.2, -0.15) is 0 Å². The van der Waals surface area contributed by atoms with Crippen LogP contribution in [0, 0.1) is 5.92 Å². The van der Waals surface area contributed by atoms with Gasteiger partial charge in [-0.3, -0.25) is 0 Å². The number of nitrogens with one attached hydrogen (secondary N) is 1. The largest absolute Gasteiger partial charge is 0.459 e. The van der Waals surface area contributed by atoms with Crippen LogP contribution in [0.4, 0.5) is 0 Å². The third kappa shape index (κ3) is 4.96. The number of ether oxygens (including phenoxy) is 1. The van der Waals surface area contributed by atoms with Gasteiger partial charge in [0.25, 0.3) is 0 Å². The zero-order valence-electron chi connectivity index (χ0n) is 16.8. The van der Waals surface area contributed by atoms with E-state index in [1.54, 1.807) is 24.3 Å². The van der Waals surface area contributed by atoms with Crippen molar-refractivity contribution in [3.05, 3.63) is 71.8 Å². The van der Waals surface area contributed by atoms with Crippen LogP contribution in [-0.4, -0.2) is 36.8 Å². The Kier molecular flexibility index (Phi) is 7.57. The van der Waals surface area contributed by atoms with Crippen LogP contribution in [0.25, 0.3) is 0 Å². The van der Waals surface area contributed by atoms with Crippen LogP contribution in [0.1, 0.15) is 38.8 Å². The van der Waals surface area contributed by atoms with E-state index in [9.17, 15) is 9.90 Å². The zero-order chi connectivity index (χ0) is 19.9. The molecule has 146 valence electrons. The summed E-state index contributed by atoms with van der Waals surface area (Å²) < 4.78 is 5.77. The summed E-state index contributed by atoms with van der Waals surface area (Å²) in [6, 6.07) is 18.0. The smallest absolute Gasteiger partial charge is 0.347 e. The molecule has 0 aliphatic heterocycles. The Bertz CT molecular complexity index is 659. The van der Waals surface area contributed by atoms with Crippen LogP contribution in [-0.2, 0) is 15.1 Å². The normalized spacial score (nSPS) is 14.0. The summed E-state index contributed by atoms with van der Waals surface area (Å²) in [5, 5.41) is 11.4. The molecule has 0 saturated heterocycles. The van der Waals surface area contributed by atoms with E-state index in [1.165, 1.54) is 4.90 Å². The van der Waals surface area contributed by atoms with Gasteiger partial charge in [0.2, 0.25) is 5.60 Å². The molecule has 0 aliphatic carbocycles. The van der Waals surface area contributed by atoms with E-state index in [-0.39, 0.29) is 12.0 Å². The summed E-state index contributed by atoms with van der Waals surface area (Å²) in [7, 11) is 0. The lowest BCUT2D eigenvalue weighted by molar-refractivity contribution is -0.900. The van der Waals surface area contributed by atoms with E-state index in [4.69, 9.17) is 4.74 Å². The molecule has 0 amide bonds. The van der Waals surface area contributed by atoms with Crippen molar-refractivity contribution in [1.29, 1.82) is 0 Å². The molecule has 0 bridgehead atoms. The second kappa shape index (κ2) is 9.67. The fourth-order valence-corrected chi connectivity index (χ4v) is 3.29. The first-order valence-corrected chi connectivity index (χ1v) is 9.81. The molecule has 2 N–H and O–H groups in total. The highest BCUT2D eigenvalue weighted by Crippen LogP contribution is 2.31. The van der Waals surface area contributed by atoms with Gasteiger partial charge < -0.3 is 14.7 Å². The molecular formula is C23H32NO3+. The summed E-state index contributed by atoms with van der Waals surface area (Å²) in [6.45, 7) is 11.3. The maximum absolute atomic E-state index is 13.1. The molecule has 2 atom stereocenters. The van der Waals surface area contributed by atoms with Gasteiger partial charge in [-0.15, -0.1) is 0 Å². The molecule has 2 rings (SSSR count). The third-order valence-electron chi connectivity index (χ3n) is 5.38. The minimum absolute atomic E-state index is 0.194. The molecule has 4 nitrogen and oxygen atoms in total. The number of carbonyl (C=O) groups is 1. The standard InChI is InChI=1S/C23H31NO3/c1-5-24(6-2)17-18(3)19(4)27-22(25)23(26,20-13-9-7-10-14-20)21-15-11-8-12-16-21/h7-16,18-19,26H,5-6,17H2,1-4H3/p+1/t18-,19+/m0/s1. The first-order valence-electron chi connectivity index (χ1n) is 9.81. The molecule has 0 aromatic heterocycles. The van der Waals surface area contributed by atoms with E-state index >= 15 is 0 Å². The van der Waals surface area contributed by atoms with Gasteiger partial charge >= 0.3 is 5.97 Å². The van der Waals surface area contributed by atoms with Crippen molar-refractivity contribution in [3.8, 4) is 0 Å². The number of hydrogen-bond donors (Lipinski definition) is 2. The second-order valence-electron chi connectivity index (χ2n) is 7.19.